The number of unbranched alkanes of at least 4 members (excludes halogenated alkanes) is 5. The third-order valence-corrected chi connectivity index (χ3v) is 3.49. The summed E-state index contributed by atoms with van der Waals surface area (Å²) in [5.74, 6) is -0.0570. The van der Waals surface area contributed by atoms with Gasteiger partial charge in [-0.25, -0.2) is 0 Å². The Morgan fingerprint density at radius 2 is 1.85 bits per heavy atom. The van der Waals surface area contributed by atoms with Crippen LogP contribution in [0.5, 0.6) is 0 Å². The first-order chi connectivity index (χ1) is 9.74. The molecule has 3 heteroatoms. The molecule has 1 amide bonds. The summed E-state index contributed by atoms with van der Waals surface area (Å²) in [7, 11) is 0. The molecular formula is C17H24ClNO. The van der Waals surface area contributed by atoms with Gasteiger partial charge in [-0.1, -0.05) is 68.8 Å². The highest BCUT2D eigenvalue weighted by Crippen LogP contribution is 2.15. The minimum Gasteiger partial charge on any atom is -0.353 e. The summed E-state index contributed by atoms with van der Waals surface area (Å²) < 4.78 is 0. The zero-order valence-corrected chi connectivity index (χ0v) is 13.0. The van der Waals surface area contributed by atoms with E-state index < -0.39 is 0 Å². The maximum atomic E-state index is 11.6. The lowest BCUT2D eigenvalue weighted by molar-refractivity contribution is -0.116. The Hall–Kier alpha value is -1.28. The van der Waals surface area contributed by atoms with E-state index in [4.69, 9.17) is 11.6 Å². The second kappa shape index (κ2) is 10.5. The van der Waals surface area contributed by atoms with Crippen LogP contribution in [0.2, 0.25) is 5.02 Å². The normalized spacial score (nSPS) is 10.9. The summed E-state index contributed by atoms with van der Waals surface area (Å²) >= 11 is 6.01. The predicted molar refractivity (Wildman–Crippen MR) is 86.9 cm³/mol. The lowest BCUT2D eigenvalue weighted by Crippen LogP contribution is -2.21. The van der Waals surface area contributed by atoms with Crippen molar-refractivity contribution in [3.63, 3.8) is 0 Å². The van der Waals surface area contributed by atoms with E-state index in [0.29, 0.717) is 5.02 Å². The van der Waals surface area contributed by atoms with E-state index in [-0.39, 0.29) is 5.91 Å². The molecule has 0 bridgehead atoms. The highest BCUT2D eigenvalue weighted by atomic mass is 35.5. The lowest BCUT2D eigenvalue weighted by Gasteiger charge is -2.02. The average molecular weight is 294 g/mol. The van der Waals surface area contributed by atoms with Crippen molar-refractivity contribution in [2.24, 2.45) is 0 Å². The van der Waals surface area contributed by atoms with Crippen molar-refractivity contribution in [1.29, 1.82) is 0 Å². The quantitative estimate of drug-likeness (QED) is 0.513. The number of rotatable bonds is 9. The van der Waals surface area contributed by atoms with Gasteiger partial charge in [0, 0.05) is 17.6 Å². The SMILES string of the molecule is CCCCCCCCNC(=O)/C=C/c1ccccc1Cl. The molecule has 0 heterocycles. The molecule has 1 rings (SSSR count). The van der Waals surface area contributed by atoms with Gasteiger partial charge in [0.2, 0.25) is 5.91 Å². The van der Waals surface area contributed by atoms with Gasteiger partial charge in [-0.2, -0.15) is 0 Å². The third-order valence-electron chi connectivity index (χ3n) is 3.15. The molecule has 0 unspecified atom stereocenters. The molecule has 0 aliphatic carbocycles. The zero-order chi connectivity index (χ0) is 14.6. The van der Waals surface area contributed by atoms with E-state index in [0.717, 1.165) is 18.5 Å². The van der Waals surface area contributed by atoms with Crippen molar-refractivity contribution < 1.29 is 4.79 Å². The zero-order valence-electron chi connectivity index (χ0n) is 12.2. The number of hydrogen-bond acceptors (Lipinski definition) is 1. The van der Waals surface area contributed by atoms with Gasteiger partial charge in [-0.15, -0.1) is 0 Å². The van der Waals surface area contributed by atoms with Crippen molar-refractivity contribution in [3.05, 3.63) is 40.9 Å². The summed E-state index contributed by atoms with van der Waals surface area (Å²) in [5, 5.41) is 3.55. The van der Waals surface area contributed by atoms with E-state index in [9.17, 15) is 4.79 Å². The highest BCUT2D eigenvalue weighted by Gasteiger charge is 1.97. The average Bonchev–Trinajstić information content (AvgIpc) is 2.45. The monoisotopic (exact) mass is 293 g/mol. The van der Waals surface area contributed by atoms with E-state index in [1.807, 2.05) is 24.3 Å². The fourth-order valence-electron chi connectivity index (χ4n) is 1.95. The fraction of sp³-hybridized carbons (Fsp3) is 0.471. The Balaban J connectivity index is 2.16. The molecule has 0 radical (unpaired) electrons. The second-order valence-electron chi connectivity index (χ2n) is 4.91. The maximum Gasteiger partial charge on any atom is 0.243 e. The molecule has 2 nitrogen and oxygen atoms in total. The molecule has 1 N–H and O–H groups in total. The van der Waals surface area contributed by atoms with Crippen LogP contribution >= 0.6 is 11.6 Å². The number of carbonyl (C=O) groups excluding carboxylic acids is 1. The van der Waals surface area contributed by atoms with Crippen LogP contribution in [-0.2, 0) is 4.79 Å². The van der Waals surface area contributed by atoms with Gasteiger partial charge in [-0.05, 0) is 24.1 Å². The van der Waals surface area contributed by atoms with Crippen molar-refractivity contribution >= 4 is 23.6 Å². The minimum atomic E-state index is -0.0570. The van der Waals surface area contributed by atoms with Gasteiger partial charge in [-0.3, -0.25) is 4.79 Å². The smallest absolute Gasteiger partial charge is 0.243 e. The number of carbonyl (C=O) groups is 1. The number of nitrogens with one attached hydrogen (secondary N) is 1. The number of halogens is 1. The topological polar surface area (TPSA) is 29.1 Å². The number of amides is 1. The van der Waals surface area contributed by atoms with E-state index in [1.165, 1.54) is 38.2 Å². The summed E-state index contributed by atoms with van der Waals surface area (Å²) in [6.45, 7) is 2.96. The summed E-state index contributed by atoms with van der Waals surface area (Å²) in [6, 6.07) is 7.48. The lowest BCUT2D eigenvalue weighted by atomic mass is 10.1. The van der Waals surface area contributed by atoms with Crippen molar-refractivity contribution in [1.82, 2.24) is 5.32 Å². The molecule has 110 valence electrons. The Bertz CT molecular complexity index is 429. The molecule has 0 spiro atoms. The van der Waals surface area contributed by atoms with Crippen LogP contribution in [0.4, 0.5) is 0 Å². The first kappa shape index (κ1) is 16.8. The maximum absolute atomic E-state index is 11.6. The molecule has 1 aromatic carbocycles. The van der Waals surface area contributed by atoms with Crippen LogP contribution in [-0.4, -0.2) is 12.5 Å². The number of hydrogen-bond donors (Lipinski definition) is 1. The molecule has 20 heavy (non-hydrogen) atoms. The molecule has 0 aliphatic heterocycles. The first-order valence-corrected chi connectivity index (χ1v) is 7.82. The Labute approximate surface area is 127 Å². The van der Waals surface area contributed by atoms with Gasteiger partial charge >= 0.3 is 0 Å². The van der Waals surface area contributed by atoms with Crippen LogP contribution in [0.15, 0.2) is 30.3 Å². The standard InChI is InChI=1S/C17H24ClNO/c1-2-3-4-5-6-9-14-19-17(20)13-12-15-10-7-8-11-16(15)18/h7-8,10-13H,2-6,9,14H2,1H3,(H,19,20)/b13-12+. The fourth-order valence-corrected chi connectivity index (χ4v) is 2.15. The van der Waals surface area contributed by atoms with Gasteiger partial charge in [0.1, 0.15) is 0 Å². The summed E-state index contributed by atoms with van der Waals surface area (Å²) in [5.41, 5.74) is 0.865. The molecule has 0 fully saturated rings. The van der Waals surface area contributed by atoms with Crippen molar-refractivity contribution in [2.45, 2.75) is 45.4 Å². The van der Waals surface area contributed by atoms with Crippen LogP contribution in [0.25, 0.3) is 6.08 Å². The number of benzene rings is 1. The summed E-state index contributed by atoms with van der Waals surface area (Å²) in [6.07, 6.45) is 10.7. The van der Waals surface area contributed by atoms with Crippen molar-refractivity contribution in [2.75, 3.05) is 6.54 Å². The third kappa shape index (κ3) is 7.34. The molecule has 0 atom stereocenters. The molecule has 0 saturated carbocycles. The van der Waals surface area contributed by atoms with Crippen LogP contribution < -0.4 is 5.32 Å². The minimum absolute atomic E-state index is 0.0570. The Morgan fingerprint density at radius 1 is 1.15 bits per heavy atom. The molecule has 0 aliphatic rings. The van der Waals surface area contributed by atoms with Gasteiger partial charge in [0.25, 0.3) is 0 Å². The van der Waals surface area contributed by atoms with Crippen LogP contribution in [0.3, 0.4) is 0 Å². The molecule has 0 saturated heterocycles. The van der Waals surface area contributed by atoms with Gasteiger partial charge < -0.3 is 5.32 Å². The van der Waals surface area contributed by atoms with E-state index in [2.05, 4.69) is 12.2 Å². The van der Waals surface area contributed by atoms with Crippen molar-refractivity contribution in [3.8, 4) is 0 Å². The van der Waals surface area contributed by atoms with E-state index >= 15 is 0 Å². The predicted octanol–water partition coefficient (Wildman–Crippen LogP) is 4.83. The first-order valence-electron chi connectivity index (χ1n) is 7.44. The molecule has 0 aromatic heterocycles. The van der Waals surface area contributed by atoms with E-state index in [1.54, 1.807) is 6.08 Å². The molecule has 1 aromatic rings. The Kier molecular flexibility index (Phi) is 8.81. The largest absolute Gasteiger partial charge is 0.353 e. The molecular weight excluding hydrogens is 270 g/mol. The van der Waals surface area contributed by atoms with Gasteiger partial charge in [0.15, 0.2) is 0 Å². The van der Waals surface area contributed by atoms with Crippen LogP contribution in [0, 0.1) is 0 Å². The summed E-state index contributed by atoms with van der Waals surface area (Å²) in [4.78, 5) is 11.6. The second-order valence-corrected chi connectivity index (χ2v) is 5.32. The highest BCUT2D eigenvalue weighted by molar-refractivity contribution is 6.32. The van der Waals surface area contributed by atoms with Crippen LogP contribution in [0.1, 0.15) is 51.0 Å². The van der Waals surface area contributed by atoms with Gasteiger partial charge in [0.05, 0.1) is 0 Å². The Morgan fingerprint density at radius 3 is 2.60 bits per heavy atom.